The summed E-state index contributed by atoms with van der Waals surface area (Å²) in [6.45, 7) is 2.60. The van der Waals surface area contributed by atoms with E-state index in [0.717, 1.165) is 16.9 Å². The number of rotatable bonds is 6. The third-order valence-electron chi connectivity index (χ3n) is 3.85. The van der Waals surface area contributed by atoms with E-state index in [4.69, 9.17) is 23.8 Å². The van der Waals surface area contributed by atoms with Gasteiger partial charge < -0.3 is 5.32 Å². The second kappa shape index (κ2) is 9.77. The van der Waals surface area contributed by atoms with Crippen molar-refractivity contribution < 1.29 is 0 Å². The number of hydrazone groups is 1. The largest absolute Gasteiger partial charge is 0.331 e. The molecule has 0 fully saturated rings. The molecule has 2 N–H and O–H groups in total. The standard InChI is InChI=1S/C20H19ClN6S/c1-15-18(21)10-5-11-19(15)23-20(28)25-22-12-6-9-17-14-27(26-24-17)13-16-7-3-2-4-8-16/h2-12,14H,13H2,1H3,(H2,23,25,28)/b9-6+,22-12-. The molecule has 1 heterocycles. The molecule has 28 heavy (non-hydrogen) atoms. The highest BCUT2D eigenvalue weighted by molar-refractivity contribution is 7.80. The predicted molar refractivity (Wildman–Crippen MR) is 119 cm³/mol. The maximum absolute atomic E-state index is 6.09. The van der Waals surface area contributed by atoms with Crippen LogP contribution in [0.2, 0.25) is 5.02 Å². The summed E-state index contributed by atoms with van der Waals surface area (Å²) in [5.74, 6) is 0. The Morgan fingerprint density at radius 2 is 2.04 bits per heavy atom. The zero-order valence-electron chi connectivity index (χ0n) is 15.2. The molecule has 8 heteroatoms. The summed E-state index contributed by atoms with van der Waals surface area (Å²) in [7, 11) is 0. The van der Waals surface area contributed by atoms with E-state index in [1.54, 1.807) is 17.0 Å². The van der Waals surface area contributed by atoms with Gasteiger partial charge in [-0.2, -0.15) is 5.10 Å². The van der Waals surface area contributed by atoms with Crippen LogP contribution in [0.15, 0.2) is 65.9 Å². The first-order valence-electron chi connectivity index (χ1n) is 8.58. The van der Waals surface area contributed by atoms with Crippen LogP contribution >= 0.6 is 23.8 Å². The average molecular weight is 411 g/mol. The van der Waals surface area contributed by atoms with Crippen LogP contribution in [0.4, 0.5) is 5.69 Å². The molecule has 1 aromatic heterocycles. The summed E-state index contributed by atoms with van der Waals surface area (Å²) in [5.41, 5.74) is 6.44. The first kappa shape index (κ1) is 19.7. The number of nitrogens with one attached hydrogen (secondary N) is 2. The molecule has 0 amide bonds. The number of allylic oxidation sites excluding steroid dienone is 1. The summed E-state index contributed by atoms with van der Waals surface area (Å²) in [6.07, 6.45) is 7.04. The molecule has 0 aliphatic rings. The van der Waals surface area contributed by atoms with E-state index < -0.39 is 0 Å². The molecule has 2 aromatic carbocycles. The third kappa shape index (κ3) is 5.73. The Morgan fingerprint density at radius 1 is 1.21 bits per heavy atom. The number of hydrogen-bond acceptors (Lipinski definition) is 4. The van der Waals surface area contributed by atoms with E-state index in [1.165, 1.54) is 5.56 Å². The van der Waals surface area contributed by atoms with Crippen molar-refractivity contribution in [2.75, 3.05) is 5.32 Å². The van der Waals surface area contributed by atoms with Gasteiger partial charge in [-0.1, -0.05) is 53.2 Å². The quantitative estimate of drug-likeness (QED) is 0.361. The molecular formula is C20H19ClN6S. The fraction of sp³-hybridized carbons (Fsp3) is 0.100. The molecule has 0 unspecified atom stereocenters. The molecule has 142 valence electrons. The Balaban J connectivity index is 1.47. The van der Waals surface area contributed by atoms with Crippen molar-refractivity contribution in [3.8, 4) is 0 Å². The van der Waals surface area contributed by atoms with Gasteiger partial charge in [0.25, 0.3) is 0 Å². The van der Waals surface area contributed by atoms with Crippen LogP contribution in [0.1, 0.15) is 16.8 Å². The lowest BCUT2D eigenvalue weighted by atomic mass is 10.2. The van der Waals surface area contributed by atoms with E-state index in [1.807, 2.05) is 55.6 Å². The summed E-state index contributed by atoms with van der Waals surface area (Å²) in [6, 6.07) is 15.7. The van der Waals surface area contributed by atoms with Gasteiger partial charge in [0.1, 0.15) is 5.69 Å². The molecule has 0 bridgehead atoms. The number of anilines is 1. The second-order valence-electron chi connectivity index (χ2n) is 5.94. The van der Waals surface area contributed by atoms with E-state index in [0.29, 0.717) is 16.7 Å². The van der Waals surface area contributed by atoms with Crippen molar-refractivity contribution in [1.29, 1.82) is 0 Å². The fourth-order valence-electron chi connectivity index (χ4n) is 2.41. The molecule has 3 rings (SSSR count). The van der Waals surface area contributed by atoms with Gasteiger partial charge in [0.05, 0.1) is 12.7 Å². The number of hydrogen-bond donors (Lipinski definition) is 2. The highest BCUT2D eigenvalue weighted by Gasteiger charge is 2.03. The predicted octanol–water partition coefficient (Wildman–Crippen LogP) is 4.27. The van der Waals surface area contributed by atoms with Crippen LogP contribution in [-0.4, -0.2) is 26.3 Å². The maximum Gasteiger partial charge on any atom is 0.191 e. The first-order valence-corrected chi connectivity index (χ1v) is 9.36. The van der Waals surface area contributed by atoms with E-state index in [2.05, 4.69) is 38.3 Å². The second-order valence-corrected chi connectivity index (χ2v) is 6.76. The van der Waals surface area contributed by atoms with E-state index in [-0.39, 0.29) is 0 Å². The topological polar surface area (TPSA) is 67.1 Å². The minimum absolute atomic E-state index is 0.379. The summed E-state index contributed by atoms with van der Waals surface area (Å²) in [5, 5.41) is 16.4. The number of aromatic nitrogens is 3. The van der Waals surface area contributed by atoms with E-state index in [9.17, 15) is 0 Å². The maximum atomic E-state index is 6.09. The van der Waals surface area contributed by atoms with Crippen molar-refractivity contribution in [2.24, 2.45) is 5.10 Å². The Morgan fingerprint density at radius 3 is 2.86 bits per heavy atom. The molecule has 0 saturated carbocycles. The van der Waals surface area contributed by atoms with Gasteiger partial charge in [-0.15, -0.1) is 5.10 Å². The monoisotopic (exact) mass is 410 g/mol. The first-order chi connectivity index (χ1) is 13.6. The molecule has 0 atom stereocenters. The molecule has 0 spiro atoms. The molecular weight excluding hydrogens is 392 g/mol. The summed E-state index contributed by atoms with van der Waals surface area (Å²) >= 11 is 11.3. The van der Waals surface area contributed by atoms with E-state index >= 15 is 0 Å². The highest BCUT2D eigenvalue weighted by atomic mass is 35.5. The van der Waals surface area contributed by atoms with Gasteiger partial charge in [0, 0.05) is 16.9 Å². The Labute approximate surface area is 173 Å². The lowest BCUT2D eigenvalue weighted by molar-refractivity contribution is 0.649. The minimum atomic E-state index is 0.379. The van der Waals surface area contributed by atoms with Gasteiger partial charge in [0.2, 0.25) is 0 Å². The lowest BCUT2D eigenvalue weighted by Gasteiger charge is -2.10. The van der Waals surface area contributed by atoms with Crippen LogP contribution in [0.25, 0.3) is 6.08 Å². The number of benzene rings is 2. The lowest BCUT2D eigenvalue weighted by Crippen LogP contribution is -2.24. The molecule has 0 aliphatic heterocycles. The van der Waals surface area contributed by atoms with Crippen molar-refractivity contribution in [3.63, 3.8) is 0 Å². The Hall–Kier alpha value is -3.03. The zero-order chi connectivity index (χ0) is 19.8. The number of halogens is 1. The molecule has 0 aliphatic carbocycles. The van der Waals surface area contributed by atoms with Crippen LogP contribution in [-0.2, 0) is 6.54 Å². The molecule has 0 saturated heterocycles. The van der Waals surface area contributed by atoms with Gasteiger partial charge in [-0.3, -0.25) is 5.43 Å². The van der Waals surface area contributed by atoms with Crippen LogP contribution in [0.5, 0.6) is 0 Å². The fourth-order valence-corrected chi connectivity index (χ4v) is 2.75. The highest BCUT2D eigenvalue weighted by Crippen LogP contribution is 2.22. The van der Waals surface area contributed by atoms with Gasteiger partial charge in [-0.05, 0) is 54.6 Å². The molecule has 6 nitrogen and oxygen atoms in total. The average Bonchev–Trinajstić information content (AvgIpc) is 3.13. The van der Waals surface area contributed by atoms with Crippen molar-refractivity contribution in [3.05, 3.63) is 82.6 Å². The Kier molecular flexibility index (Phi) is 6.89. The normalized spacial score (nSPS) is 11.2. The Bertz CT molecular complexity index is 997. The minimum Gasteiger partial charge on any atom is -0.331 e. The van der Waals surface area contributed by atoms with Crippen molar-refractivity contribution in [1.82, 2.24) is 20.4 Å². The molecule has 3 aromatic rings. The van der Waals surface area contributed by atoms with Crippen LogP contribution < -0.4 is 10.7 Å². The van der Waals surface area contributed by atoms with Crippen molar-refractivity contribution in [2.45, 2.75) is 13.5 Å². The molecule has 0 radical (unpaired) electrons. The smallest absolute Gasteiger partial charge is 0.191 e. The zero-order valence-corrected chi connectivity index (χ0v) is 16.8. The SMILES string of the molecule is Cc1c(Cl)cccc1NC(=S)N/N=C\C=C\c1cn(Cc2ccccc2)nn1. The van der Waals surface area contributed by atoms with Crippen molar-refractivity contribution >= 4 is 46.9 Å². The third-order valence-corrected chi connectivity index (χ3v) is 4.46. The van der Waals surface area contributed by atoms with Gasteiger partial charge >= 0.3 is 0 Å². The summed E-state index contributed by atoms with van der Waals surface area (Å²) < 4.78 is 1.79. The van der Waals surface area contributed by atoms with Gasteiger partial charge in [-0.25, -0.2) is 4.68 Å². The van der Waals surface area contributed by atoms with Gasteiger partial charge in [0.15, 0.2) is 5.11 Å². The number of thiocarbonyl (C=S) groups is 1. The van der Waals surface area contributed by atoms with Crippen LogP contribution in [0.3, 0.4) is 0 Å². The number of nitrogens with zero attached hydrogens (tertiary/aromatic N) is 4. The van der Waals surface area contributed by atoms with Crippen LogP contribution in [0, 0.1) is 6.92 Å². The summed E-state index contributed by atoms with van der Waals surface area (Å²) in [4.78, 5) is 0.